The maximum atomic E-state index is 12.6. The Morgan fingerprint density at radius 3 is 2.38 bits per heavy atom. The molecular weight excluding hydrogens is 327 g/mol. The van der Waals surface area contributed by atoms with E-state index in [-0.39, 0.29) is 18.4 Å². The number of hydrogen-bond donors (Lipinski definition) is 1. The number of rotatable bonds is 6. The molecule has 1 amide bonds. The van der Waals surface area contributed by atoms with Gasteiger partial charge in [0.15, 0.2) is 0 Å². The molecule has 26 heavy (non-hydrogen) atoms. The Kier molecular flexibility index (Phi) is 6.15. The monoisotopic (exact) mass is 356 g/mol. The average molecular weight is 356 g/mol. The number of nitrogens with one attached hydrogen (secondary N) is 1. The molecule has 1 heterocycles. The van der Waals surface area contributed by atoms with Gasteiger partial charge in [-0.1, -0.05) is 38.1 Å². The van der Waals surface area contributed by atoms with Crippen LogP contribution in [0.4, 0.5) is 0 Å². The highest BCUT2D eigenvalue weighted by molar-refractivity contribution is 6.62. The molecule has 140 valence electrons. The lowest BCUT2D eigenvalue weighted by Gasteiger charge is -2.32. The van der Waals surface area contributed by atoms with E-state index >= 15 is 0 Å². The first kappa shape index (κ1) is 20.5. The molecule has 1 aromatic rings. The van der Waals surface area contributed by atoms with E-state index in [4.69, 9.17) is 14.6 Å². The van der Waals surface area contributed by atoms with E-state index in [9.17, 15) is 4.79 Å². The second kappa shape index (κ2) is 7.81. The molecule has 1 atom stereocenters. The van der Waals surface area contributed by atoms with E-state index in [1.54, 1.807) is 0 Å². The van der Waals surface area contributed by atoms with Crippen LogP contribution < -0.4 is 10.8 Å². The molecule has 0 spiro atoms. The molecule has 1 saturated heterocycles. The number of amides is 1. The first-order valence-electron chi connectivity index (χ1n) is 9.17. The summed E-state index contributed by atoms with van der Waals surface area (Å²) in [7, 11) is -0.457. The Hall–Kier alpha value is -1.84. The Labute approximate surface area is 157 Å². The van der Waals surface area contributed by atoms with E-state index in [0.717, 1.165) is 11.0 Å². The lowest BCUT2D eigenvalue weighted by atomic mass is 9.76. The van der Waals surface area contributed by atoms with Crippen LogP contribution in [0.15, 0.2) is 24.3 Å². The minimum atomic E-state index is -0.457. The molecule has 6 heteroatoms. The van der Waals surface area contributed by atoms with Crippen LogP contribution in [0.3, 0.4) is 0 Å². The second-order valence-electron chi connectivity index (χ2n) is 8.32. The van der Waals surface area contributed by atoms with Crippen molar-refractivity contribution in [2.45, 2.75) is 65.1 Å². The zero-order chi connectivity index (χ0) is 19.5. The van der Waals surface area contributed by atoms with Gasteiger partial charge in [-0.15, -0.1) is 0 Å². The maximum absolute atomic E-state index is 12.6. The van der Waals surface area contributed by atoms with Crippen molar-refractivity contribution in [3.05, 3.63) is 29.8 Å². The van der Waals surface area contributed by atoms with Crippen molar-refractivity contribution in [2.24, 2.45) is 5.92 Å². The highest BCUT2D eigenvalue weighted by atomic mass is 16.7. The smallest absolute Gasteiger partial charge is 0.399 e. The van der Waals surface area contributed by atoms with Crippen molar-refractivity contribution in [1.29, 1.82) is 5.26 Å². The fraction of sp³-hybridized carbons (Fsp3) is 0.600. The molecule has 1 fully saturated rings. The molecule has 0 aliphatic carbocycles. The normalized spacial score (nSPS) is 19.2. The lowest BCUT2D eigenvalue weighted by molar-refractivity contribution is -0.122. The van der Waals surface area contributed by atoms with Crippen LogP contribution in [-0.2, 0) is 14.1 Å². The summed E-state index contributed by atoms with van der Waals surface area (Å²) in [5.74, 6) is -0.0645. The molecule has 0 saturated carbocycles. The summed E-state index contributed by atoms with van der Waals surface area (Å²) >= 11 is 0. The van der Waals surface area contributed by atoms with Crippen molar-refractivity contribution >= 4 is 18.5 Å². The highest BCUT2D eigenvalue weighted by Crippen LogP contribution is 2.36. The molecule has 1 N–H and O–H groups in total. The van der Waals surface area contributed by atoms with Crippen molar-refractivity contribution in [3.8, 4) is 6.07 Å². The van der Waals surface area contributed by atoms with Crippen molar-refractivity contribution in [1.82, 2.24) is 5.32 Å². The van der Waals surface area contributed by atoms with Gasteiger partial charge in [-0.3, -0.25) is 4.79 Å². The number of nitrogens with zero attached hydrogens (tertiary/aromatic N) is 1. The van der Waals surface area contributed by atoms with Crippen molar-refractivity contribution in [3.63, 3.8) is 0 Å². The average Bonchev–Trinajstić information content (AvgIpc) is 2.78. The van der Waals surface area contributed by atoms with E-state index in [1.807, 2.05) is 58.0 Å². The summed E-state index contributed by atoms with van der Waals surface area (Å²) in [4.78, 5) is 12.6. The van der Waals surface area contributed by atoms with Crippen molar-refractivity contribution in [2.75, 3.05) is 6.54 Å². The summed E-state index contributed by atoms with van der Waals surface area (Å²) in [6.45, 7) is 12.3. The maximum Gasteiger partial charge on any atom is 0.494 e. The third-order valence-corrected chi connectivity index (χ3v) is 5.20. The van der Waals surface area contributed by atoms with Crippen LogP contribution in [0.5, 0.6) is 0 Å². The SMILES string of the molecule is CC(C)C[C@@H](C(=O)NCC#N)c1cccc(B2OC(C)(C)C(C)(C)O2)c1. The third-order valence-electron chi connectivity index (χ3n) is 5.20. The fourth-order valence-electron chi connectivity index (χ4n) is 3.02. The Balaban J connectivity index is 2.28. The molecule has 0 aromatic heterocycles. The standard InChI is InChI=1S/C20H29BN2O3/c1-14(2)12-17(18(24)23-11-10-22)15-8-7-9-16(13-15)21-25-19(3,4)20(5,6)26-21/h7-9,13-14,17H,11-12H2,1-6H3,(H,23,24)/t17-/m1/s1. The molecule has 1 aliphatic heterocycles. The summed E-state index contributed by atoms with van der Waals surface area (Å²) in [6.07, 6.45) is 0.712. The molecule has 0 bridgehead atoms. The number of hydrogen-bond acceptors (Lipinski definition) is 4. The van der Waals surface area contributed by atoms with E-state index < -0.39 is 18.3 Å². The molecule has 0 radical (unpaired) electrons. The fourth-order valence-corrected chi connectivity index (χ4v) is 3.02. The number of carbonyl (C=O) groups excluding carboxylic acids is 1. The van der Waals surface area contributed by atoms with Crippen LogP contribution in [0.1, 0.15) is 59.4 Å². The first-order chi connectivity index (χ1) is 12.1. The van der Waals surface area contributed by atoms with Crippen LogP contribution in [0.2, 0.25) is 0 Å². The number of carbonyl (C=O) groups is 1. The summed E-state index contributed by atoms with van der Waals surface area (Å²) in [5.41, 5.74) is 1.01. The van der Waals surface area contributed by atoms with Crippen molar-refractivity contribution < 1.29 is 14.1 Å². The largest absolute Gasteiger partial charge is 0.494 e. The van der Waals surface area contributed by atoms with Gasteiger partial charge in [0, 0.05) is 0 Å². The van der Waals surface area contributed by atoms with Crippen LogP contribution >= 0.6 is 0 Å². The highest BCUT2D eigenvalue weighted by Gasteiger charge is 2.51. The van der Waals surface area contributed by atoms with Crippen LogP contribution in [-0.4, -0.2) is 30.8 Å². The zero-order valence-electron chi connectivity index (χ0n) is 16.6. The minimum Gasteiger partial charge on any atom is -0.399 e. The van der Waals surface area contributed by atoms with Gasteiger partial charge in [0.05, 0.1) is 23.2 Å². The predicted octanol–water partition coefficient (Wildman–Crippen LogP) is 2.76. The molecule has 1 aliphatic rings. The van der Waals surface area contributed by atoms with Gasteiger partial charge in [0.25, 0.3) is 0 Å². The first-order valence-corrected chi connectivity index (χ1v) is 9.17. The molecule has 5 nitrogen and oxygen atoms in total. The van der Waals surface area contributed by atoms with E-state index in [2.05, 4.69) is 19.2 Å². The summed E-state index contributed by atoms with van der Waals surface area (Å²) < 4.78 is 12.3. The zero-order valence-corrected chi connectivity index (χ0v) is 16.6. The van der Waals surface area contributed by atoms with Gasteiger partial charge >= 0.3 is 7.12 Å². The van der Waals surface area contributed by atoms with E-state index in [1.165, 1.54) is 0 Å². The van der Waals surface area contributed by atoms with Gasteiger partial charge in [-0.05, 0) is 51.1 Å². The summed E-state index contributed by atoms with van der Waals surface area (Å²) in [6, 6.07) is 9.79. The summed E-state index contributed by atoms with van der Waals surface area (Å²) in [5, 5.41) is 11.4. The molecule has 1 aromatic carbocycles. The second-order valence-corrected chi connectivity index (χ2v) is 8.32. The molecule has 0 unspecified atom stereocenters. The van der Waals surface area contributed by atoms with Crippen LogP contribution in [0, 0.1) is 17.2 Å². The van der Waals surface area contributed by atoms with Crippen LogP contribution in [0.25, 0.3) is 0 Å². The predicted molar refractivity (Wildman–Crippen MR) is 103 cm³/mol. The van der Waals surface area contributed by atoms with E-state index in [0.29, 0.717) is 12.3 Å². The Morgan fingerprint density at radius 2 is 1.85 bits per heavy atom. The topological polar surface area (TPSA) is 71.4 Å². The van der Waals surface area contributed by atoms with Gasteiger partial charge in [-0.2, -0.15) is 5.26 Å². The lowest BCUT2D eigenvalue weighted by Crippen LogP contribution is -2.41. The molecular formula is C20H29BN2O3. The number of nitriles is 1. The quantitative estimate of drug-likeness (QED) is 0.629. The Morgan fingerprint density at radius 1 is 1.23 bits per heavy atom. The van der Waals surface area contributed by atoms with Gasteiger partial charge in [0.2, 0.25) is 5.91 Å². The van der Waals surface area contributed by atoms with Gasteiger partial charge < -0.3 is 14.6 Å². The van der Waals surface area contributed by atoms with Gasteiger partial charge in [-0.25, -0.2) is 0 Å². The van der Waals surface area contributed by atoms with Gasteiger partial charge in [0.1, 0.15) is 6.54 Å². The third kappa shape index (κ3) is 4.46. The number of benzene rings is 1. The minimum absolute atomic E-state index is 0.0182. The Bertz CT molecular complexity index is 679. The molecule has 2 rings (SSSR count).